The molecule has 1 saturated heterocycles. The molecule has 0 N–H and O–H groups in total. The van der Waals surface area contributed by atoms with E-state index in [0.29, 0.717) is 12.0 Å². The largest absolute Gasteiger partial charge is 0.296 e. The minimum absolute atomic E-state index is 0.433. The van der Waals surface area contributed by atoms with Gasteiger partial charge in [-0.1, -0.05) is 6.07 Å². The van der Waals surface area contributed by atoms with Crippen LogP contribution in [0, 0.1) is 5.92 Å². The third kappa shape index (κ3) is 3.04. The number of hydrogen-bond acceptors (Lipinski definition) is 4. The number of rotatable bonds is 4. The van der Waals surface area contributed by atoms with Crippen molar-refractivity contribution in [2.75, 3.05) is 13.1 Å². The molecule has 0 spiro atoms. The lowest BCUT2D eigenvalue weighted by molar-refractivity contribution is 0.120. The van der Waals surface area contributed by atoms with E-state index in [1.54, 1.807) is 6.33 Å². The maximum atomic E-state index is 4.23. The Bertz CT molecular complexity index is 510. The van der Waals surface area contributed by atoms with Gasteiger partial charge in [0, 0.05) is 31.5 Å². The minimum atomic E-state index is 0.433. The molecule has 3 heterocycles. The molecule has 20 heavy (non-hydrogen) atoms. The molecule has 0 aliphatic carbocycles. The Morgan fingerprint density at radius 1 is 1.40 bits per heavy atom. The normalized spacial score (nSPS) is 21.8. The Labute approximate surface area is 119 Å². The average molecular weight is 271 g/mol. The molecule has 0 radical (unpaired) electrons. The Morgan fingerprint density at radius 2 is 2.35 bits per heavy atom. The molecule has 0 unspecified atom stereocenters. The molecule has 5 nitrogen and oxygen atoms in total. The zero-order valence-corrected chi connectivity index (χ0v) is 11.9. The van der Waals surface area contributed by atoms with Gasteiger partial charge in [0.15, 0.2) is 0 Å². The molecule has 3 rings (SSSR count). The van der Waals surface area contributed by atoms with Crippen LogP contribution < -0.4 is 0 Å². The minimum Gasteiger partial charge on any atom is -0.296 e. The molecule has 0 bridgehead atoms. The van der Waals surface area contributed by atoms with E-state index in [-0.39, 0.29) is 0 Å². The molecule has 2 atom stereocenters. The first-order valence-electron chi connectivity index (χ1n) is 7.29. The van der Waals surface area contributed by atoms with Crippen molar-refractivity contribution in [2.45, 2.75) is 32.4 Å². The summed E-state index contributed by atoms with van der Waals surface area (Å²) in [5, 5.41) is 4.22. The summed E-state index contributed by atoms with van der Waals surface area (Å²) in [5.41, 5.74) is 1.30. The number of pyridine rings is 1. The summed E-state index contributed by atoms with van der Waals surface area (Å²) in [6.07, 6.45) is 9.76. The van der Waals surface area contributed by atoms with Crippen molar-refractivity contribution >= 4 is 0 Å². The summed E-state index contributed by atoms with van der Waals surface area (Å²) in [4.78, 5) is 10.8. The molecule has 2 aromatic heterocycles. The van der Waals surface area contributed by atoms with E-state index in [9.17, 15) is 0 Å². The van der Waals surface area contributed by atoms with Crippen LogP contribution in [0.25, 0.3) is 0 Å². The second-order valence-electron chi connectivity index (χ2n) is 5.58. The molecule has 1 fully saturated rings. The lowest BCUT2D eigenvalue weighted by atomic mass is 9.95. The van der Waals surface area contributed by atoms with Crippen molar-refractivity contribution < 1.29 is 0 Å². The second kappa shape index (κ2) is 6.13. The van der Waals surface area contributed by atoms with Crippen LogP contribution >= 0.6 is 0 Å². The van der Waals surface area contributed by atoms with Gasteiger partial charge in [-0.15, -0.1) is 0 Å². The highest BCUT2D eigenvalue weighted by Crippen LogP contribution is 2.26. The molecule has 0 amide bonds. The maximum Gasteiger partial charge on any atom is 0.137 e. The number of piperidine rings is 1. The van der Waals surface area contributed by atoms with Crippen molar-refractivity contribution in [1.82, 2.24) is 24.6 Å². The topological polar surface area (TPSA) is 46.8 Å². The van der Waals surface area contributed by atoms with Gasteiger partial charge < -0.3 is 0 Å². The average Bonchev–Trinajstić information content (AvgIpc) is 3.01. The van der Waals surface area contributed by atoms with Gasteiger partial charge in [0.25, 0.3) is 0 Å². The van der Waals surface area contributed by atoms with Crippen LogP contribution in [0.5, 0.6) is 0 Å². The molecule has 5 heteroatoms. The third-order valence-corrected chi connectivity index (χ3v) is 4.18. The van der Waals surface area contributed by atoms with Gasteiger partial charge in [0.05, 0.1) is 0 Å². The predicted molar refractivity (Wildman–Crippen MR) is 77.0 cm³/mol. The SMILES string of the molecule is C[C@@H](c1cccnc1)N1CCC[C@H](Cn2cncn2)C1. The van der Waals surface area contributed by atoms with E-state index >= 15 is 0 Å². The van der Waals surface area contributed by atoms with Crippen LogP contribution in [0.3, 0.4) is 0 Å². The Hall–Kier alpha value is -1.75. The van der Waals surface area contributed by atoms with Crippen molar-refractivity contribution in [3.8, 4) is 0 Å². The molecule has 1 aliphatic heterocycles. The number of nitrogens with zero attached hydrogens (tertiary/aromatic N) is 5. The number of likely N-dealkylation sites (tertiary alicyclic amines) is 1. The molecular formula is C15H21N5. The summed E-state index contributed by atoms with van der Waals surface area (Å²) in [7, 11) is 0. The zero-order chi connectivity index (χ0) is 13.8. The van der Waals surface area contributed by atoms with Gasteiger partial charge in [-0.05, 0) is 43.9 Å². The highest BCUT2D eigenvalue weighted by molar-refractivity contribution is 5.13. The molecule has 0 saturated carbocycles. The fraction of sp³-hybridized carbons (Fsp3) is 0.533. The third-order valence-electron chi connectivity index (χ3n) is 4.18. The van der Waals surface area contributed by atoms with Crippen LogP contribution in [-0.2, 0) is 6.54 Å². The molecule has 0 aromatic carbocycles. The first kappa shape index (κ1) is 13.2. The van der Waals surface area contributed by atoms with Crippen molar-refractivity contribution in [2.24, 2.45) is 5.92 Å². The van der Waals surface area contributed by atoms with Gasteiger partial charge in [-0.2, -0.15) is 5.10 Å². The fourth-order valence-corrected chi connectivity index (χ4v) is 3.02. The van der Waals surface area contributed by atoms with Gasteiger partial charge in [-0.25, -0.2) is 4.98 Å². The summed E-state index contributed by atoms with van der Waals surface area (Å²) in [5.74, 6) is 0.657. The summed E-state index contributed by atoms with van der Waals surface area (Å²) in [6, 6.07) is 4.61. The van der Waals surface area contributed by atoms with Crippen molar-refractivity contribution in [1.29, 1.82) is 0 Å². The molecule has 106 valence electrons. The monoisotopic (exact) mass is 271 g/mol. The molecule has 1 aliphatic rings. The van der Waals surface area contributed by atoms with Crippen LogP contribution in [0.1, 0.15) is 31.4 Å². The summed E-state index contributed by atoms with van der Waals surface area (Å²) in [6.45, 7) is 5.53. The maximum absolute atomic E-state index is 4.23. The molecule has 2 aromatic rings. The van der Waals surface area contributed by atoms with Gasteiger partial charge >= 0.3 is 0 Å². The van der Waals surface area contributed by atoms with Crippen LogP contribution in [0.2, 0.25) is 0 Å². The van der Waals surface area contributed by atoms with Gasteiger partial charge in [0.2, 0.25) is 0 Å². The lowest BCUT2D eigenvalue weighted by Crippen LogP contribution is -2.38. The van der Waals surface area contributed by atoms with Crippen LogP contribution in [0.4, 0.5) is 0 Å². The van der Waals surface area contributed by atoms with Gasteiger partial charge in [-0.3, -0.25) is 14.6 Å². The quantitative estimate of drug-likeness (QED) is 0.855. The van der Waals surface area contributed by atoms with Crippen LogP contribution in [0.15, 0.2) is 37.2 Å². The Balaban J connectivity index is 1.63. The lowest BCUT2D eigenvalue weighted by Gasteiger charge is -2.36. The zero-order valence-electron chi connectivity index (χ0n) is 11.9. The second-order valence-corrected chi connectivity index (χ2v) is 5.58. The van der Waals surface area contributed by atoms with Crippen molar-refractivity contribution in [3.05, 3.63) is 42.7 Å². The van der Waals surface area contributed by atoms with Crippen LogP contribution in [-0.4, -0.2) is 37.7 Å². The smallest absolute Gasteiger partial charge is 0.137 e. The first-order valence-corrected chi connectivity index (χ1v) is 7.29. The van der Waals surface area contributed by atoms with E-state index in [2.05, 4.69) is 33.0 Å². The van der Waals surface area contributed by atoms with E-state index in [1.165, 1.54) is 24.9 Å². The predicted octanol–water partition coefficient (Wildman–Crippen LogP) is 2.15. The summed E-state index contributed by atoms with van der Waals surface area (Å²) >= 11 is 0. The summed E-state index contributed by atoms with van der Waals surface area (Å²) < 4.78 is 1.95. The van der Waals surface area contributed by atoms with E-state index < -0.39 is 0 Å². The number of hydrogen-bond donors (Lipinski definition) is 0. The molecular weight excluding hydrogens is 250 g/mol. The fourth-order valence-electron chi connectivity index (χ4n) is 3.02. The first-order chi connectivity index (χ1) is 9.83. The number of aromatic nitrogens is 4. The Kier molecular flexibility index (Phi) is 4.06. The standard InChI is InChI=1S/C15H21N5/c1-13(15-5-2-6-16-8-15)19-7-3-4-14(9-19)10-20-12-17-11-18-20/h2,5-6,8,11-14H,3-4,7,9-10H2,1H3/t13-,14-/m0/s1. The van der Waals surface area contributed by atoms with E-state index in [4.69, 9.17) is 0 Å². The van der Waals surface area contributed by atoms with E-state index in [1.807, 2.05) is 29.5 Å². The van der Waals surface area contributed by atoms with Gasteiger partial charge in [0.1, 0.15) is 12.7 Å². The Morgan fingerprint density at radius 3 is 3.10 bits per heavy atom. The highest BCUT2D eigenvalue weighted by atomic mass is 15.3. The van der Waals surface area contributed by atoms with E-state index in [0.717, 1.165) is 13.1 Å². The highest BCUT2D eigenvalue weighted by Gasteiger charge is 2.24. The van der Waals surface area contributed by atoms with Crippen molar-refractivity contribution in [3.63, 3.8) is 0 Å².